The molecule has 0 bridgehead atoms. The molecule has 1 aromatic rings. The number of aromatic nitrogens is 2. The van der Waals surface area contributed by atoms with E-state index in [2.05, 4.69) is 12.0 Å². The summed E-state index contributed by atoms with van der Waals surface area (Å²) in [5.41, 5.74) is 3.40. The molecule has 2 saturated heterocycles. The van der Waals surface area contributed by atoms with Crippen molar-refractivity contribution in [3.63, 3.8) is 0 Å². The van der Waals surface area contributed by atoms with Crippen molar-refractivity contribution in [3.8, 4) is 0 Å². The lowest BCUT2D eigenvalue weighted by atomic mass is 9.76. The molecular weight excluding hydrogens is 332 g/mol. The number of nitrogens with zero attached hydrogens (tertiary/aromatic N) is 4. The molecule has 3 rings (SSSR count). The second kappa shape index (κ2) is 7.02. The first kappa shape index (κ1) is 18.9. The quantitative estimate of drug-likeness (QED) is 0.880. The van der Waals surface area contributed by atoms with Crippen LogP contribution in [-0.2, 0) is 16.1 Å². The minimum atomic E-state index is -0.733. The third-order valence-corrected chi connectivity index (χ3v) is 6.49. The van der Waals surface area contributed by atoms with E-state index >= 15 is 0 Å². The molecule has 2 aliphatic heterocycles. The van der Waals surface area contributed by atoms with E-state index in [0.29, 0.717) is 19.4 Å². The Balaban J connectivity index is 1.52. The van der Waals surface area contributed by atoms with Gasteiger partial charge in [-0.3, -0.25) is 19.2 Å². The molecule has 144 valence electrons. The molecule has 7 heteroatoms. The maximum Gasteiger partial charge on any atom is 0.320 e. The van der Waals surface area contributed by atoms with Crippen LogP contribution in [0.1, 0.15) is 42.6 Å². The highest BCUT2D eigenvalue weighted by Gasteiger charge is 2.47. The molecule has 1 spiro atoms. The fourth-order valence-corrected chi connectivity index (χ4v) is 4.50. The Hall–Kier alpha value is -1.89. The van der Waals surface area contributed by atoms with Gasteiger partial charge in [0.05, 0.1) is 5.69 Å². The summed E-state index contributed by atoms with van der Waals surface area (Å²) in [5.74, 6) is -0.561. The molecule has 7 nitrogen and oxygen atoms in total. The zero-order valence-corrected chi connectivity index (χ0v) is 16.3. The van der Waals surface area contributed by atoms with Crippen LogP contribution in [0.5, 0.6) is 0 Å². The number of carbonyl (C=O) groups is 2. The minimum Gasteiger partial charge on any atom is -0.480 e. The van der Waals surface area contributed by atoms with Crippen LogP contribution >= 0.6 is 0 Å². The molecule has 2 aliphatic rings. The number of hydrogen-bond donors (Lipinski definition) is 1. The lowest BCUT2D eigenvalue weighted by Crippen LogP contribution is -2.44. The summed E-state index contributed by atoms with van der Waals surface area (Å²) in [5, 5.41) is 13.8. The van der Waals surface area contributed by atoms with Crippen LogP contribution in [0, 0.1) is 26.2 Å². The number of aryl methyl sites for hydroxylation is 2. The number of likely N-dealkylation sites (tertiary alicyclic amines) is 2. The van der Waals surface area contributed by atoms with Gasteiger partial charge < -0.3 is 10.0 Å². The highest BCUT2D eigenvalue weighted by atomic mass is 16.4. The Morgan fingerprint density at radius 1 is 1.23 bits per heavy atom. The van der Waals surface area contributed by atoms with Crippen LogP contribution in [0.15, 0.2) is 0 Å². The predicted octanol–water partition coefficient (Wildman–Crippen LogP) is 1.60. The van der Waals surface area contributed by atoms with E-state index < -0.39 is 5.97 Å². The van der Waals surface area contributed by atoms with Gasteiger partial charge in [-0.1, -0.05) is 0 Å². The van der Waals surface area contributed by atoms with Crippen molar-refractivity contribution in [2.75, 3.05) is 26.7 Å². The van der Waals surface area contributed by atoms with Crippen molar-refractivity contribution in [1.82, 2.24) is 19.6 Å². The van der Waals surface area contributed by atoms with Gasteiger partial charge in [-0.2, -0.15) is 5.10 Å². The highest BCUT2D eigenvalue weighted by molar-refractivity contribution is 5.76. The fourth-order valence-electron chi connectivity index (χ4n) is 4.50. The molecule has 0 saturated carbocycles. The van der Waals surface area contributed by atoms with E-state index in [0.717, 1.165) is 43.9 Å². The predicted molar refractivity (Wildman–Crippen MR) is 98.0 cm³/mol. The van der Waals surface area contributed by atoms with Crippen LogP contribution < -0.4 is 0 Å². The number of aliphatic carboxylic acids is 1. The maximum absolute atomic E-state index is 12.6. The monoisotopic (exact) mass is 362 g/mol. The average molecular weight is 362 g/mol. The second-order valence-corrected chi connectivity index (χ2v) is 8.12. The Labute approximate surface area is 155 Å². The summed E-state index contributed by atoms with van der Waals surface area (Å²) in [6, 6.07) is -0.383. The molecule has 1 unspecified atom stereocenters. The Kier molecular flexibility index (Phi) is 5.10. The molecule has 1 aromatic heterocycles. The summed E-state index contributed by atoms with van der Waals surface area (Å²) in [4.78, 5) is 27.9. The van der Waals surface area contributed by atoms with Crippen molar-refractivity contribution in [2.24, 2.45) is 5.41 Å². The number of amides is 1. The molecule has 1 amide bonds. The molecule has 1 atom stereocenters. The molecule has 0 aliphatic carbocycles. The van der Waals surface area contributed by atoms with Crippen molar-refractivity contribution < 1.29 is 14.7 Å². The van der Waals surface area contributed by atoms with Gasteiger partial charge >= 0.3 is 5.97 Å². The van der Waals surface area contributed by atoms with Gasteiger partial charge in [-0.25, -0.2) is 0 Å². The number of piperidine rings is 1. The van der Waals surface area contributed by atoms with Crippen molar-refractivity contribution in [3.05, 3.63) is 17.0 Å². The van der Waals surface area contributed by atoms with Crippen LogP contribution in [0.4, 0.5) is 0 Å². The first-order valence-electron chi connectivity index (χ1n) is 9.44. The molecule has 2 fully saturated rings. The van der Waals surface area contributed by atoms with E-state index in [-0.39, 0.29) is 17.4 Å². The maximum atomic E-state index is 12.6. The summed E-state index contributed by atoms with van der Waals surface area (Å²) >= 11 is 0. The number of carbonyl (C=O) groups excluding carboxylic acids is 1. The van der Waals surface area contributed by atoms with E-state index in [1.165, 1.54) is 5.56 Å². The standard InChI is InChI=1S/C19H30N4O3/c1-13-14(2)20-23(15(13)3)8-5-17(24)22-9-6-19(7-10-22)11-16(18(25)26)21(4)12-19/h16H,5-12H2,1-4H3,(H,25,26). The first-order valence-corrected chi connectivity index (χ1v) is 9.44. The second-order valence-electron chi connectivity index (χ2n) is 8.12. The van der Waals surface area contributed by atoms with Crippen LogP contribution in [-0.4, -0.2) is 69.3 Å². The summed E-state index contributed by atoms with van der Waals surface area (Å²) in [6.45, 7) is 8.99. The molecular formula is C19H30N4O3. The summed E-state index contributed by atoms with van der Waals surface area (Å²) in [7, 11) is 1.89. The third kappa shape index (κ3) is 3.49. The van der Waals surface area contributed by atoms with E-state index in [9.17, 15) is 14.7 Å². The topological polar surface area (TPSA) is 78.7 Å². The Morgan fingerprint density at radius 3 is 2.38 bits per heavy atom. The van der Waals surface area contributed by atoms with Gasteiger partial charge in [0.1, 0.15) is 6.04 Å². The average Bonchev–Trinajstić information content (AvgIpc) is 3.05. The lowest BCUT2D eigenvalue weighted by Gasteiger charge is -2.39. The van der Waals surface area contributed by atoms with E-state index in [1.54, 1.807) is 0 Å². The number of likely N-dealkylation sites (N-methyl/N-ethyl adjacent to an activating group) is 1. The zero-order chi connectivity index (χ0) is 19.1. The van der Waals surface area contributed by atoms with Crippen molar-refractivity contribution in [1.29, 1.82) is 0 Å². The molecule has 26 heavy (non-hydrogen) atoms. The molecule has 0 radical (unpaired) electrons. The fraction of sp³-hybridized carbons (Fsp3) is 0.737. The largest absolute Gasteiger partial charge is 0.480 e. The number of hydrogen-bond acceptors (Lipinski definition) is 4. The number of rotatable bonds is 4. The Bertz CT molecular complexity index is 704. The first-order chi connectivity index (χ1) is 12.2. The molecule has 0 aromatic carbocycles. The van der Waals surface area contributed by atoms with Gasteiger partial charge in [0.15, 0.2) is 0 Å². The van der Waals surface area contributed by atoms with Crippen LogP contribution in [0.3, 0.4) is 0 Å². The van der Waals surface area contributed by atoms with Crippen molar-refractivity contribution in [2.45, 2.75) is 59.0 Å². The summed E-state index contributed by atoms with van der Waals surface area (Å²) < 4.78 is 1.93. The minimum absolute atomic E-state index is 0.0569. The van der Waals surface area contributed by atoms with Gasteiger partial charge in [0.2, 0.25) is 5.91 Å². The van der Waals surface area contributed by atoms with Gasteiger partial charge in [-0.15, -0.1) is 0 Å². The zero-order valence-electron chi connectivity index (χ0n) is 16.3. The smallest absolute Gasteiger partial charge is 0.320 e. The summed E-state index contributed by atoms with van der Waals surface area (Å²) in [6.07, 6.45) is 2.95. The highest BCUT2D eigenvalue weighted by Crippen LogP contribution is 2.42. The van der Waals surface area contributed by atoms with Crippen molar-refractivity contribution >= 4 is 11.9 Å². The number of carboxylic acids is 1. The van der Waals surface area contributed by atoms with Gasteiger partial charge in [0.25, 0.3) is 0 Å². The SMILES string of the molecule is Cc1nn(CCC(=O)N2CCC3(CC2)CC(C(=O)O)N(C)C3)c(C)c1C. The van der Waals surface area contributed by atoms with Crippen LogP contribution in [0.25, 0.3) is 0 Å². The van der Waals surface area contributed by atoms with Crippen LogP contribution in [0.2, 0.25) is 0 Å². The molecule has 1 N–H and O–H groups in total. The van der Waals surface area contributed by atoms with E-state index in [1.807, 2.05) is 35.4 Å². The normalized spacial score (nSPS) is 22.9. The third-order valence-electron chi connectivity index (χ3n) is 6.49. The number of carboxylic acid groups (broad SMARTS) is 1. The van der Waals surface area contributed by atoms with E-state index in [4.69, 9.17) is 0 Å². The Morgan fingerprint density at radius 2 is 1.88 bits per heavy atom. The lowest BCUT2D eigenvalue weighted by molar-refractivity contribution is -0.142. The molecule has 3 heterocycles. The van der Waals surface area contributed by atoms with Gasteiger partial charge in [-0.05, 0) is 58.1 Å². The van der Waals surface area contributed by atoms with Gasteiger partial charge in [0, 0.05) is 38.3 Å².